The van der Waals surface area contributed by atoms with E-state index in [0.717, 1.165) is 5.56 Å². The Hall–Kier alpha value is -2.69. The van der Waals surface area contributed by atoms with Crippen LogP contribution in [-0.2, 0) is 4.79 Å². The van der Waals surface area contributed by atoms with E-state index < -0.39 is 6.10 Å². The molecular formula is C19H23NO4. The molecule has 0 bridgehead atoms. The van der Waals surface area contributed by atoms with Crippen molar-refractivity contribution in [1.29, 1.82) is 0 Å². The molecular weight excluding hydrogens is 306 g/mol. The van der Waals surface area contributed by atoms with E-state index in [1.807, 2.05) is 44.2 Å². The highest BCUT2D eigenvalue weighted by Crippen LogP contribution is 2.26. The summed E-state index contributed by atoms with van der Waals surface area (Å²) in [7, 11) is 3.16. The van der Waals surface area contributed by atoms with Crippen molar-refractivity contribution in [3.8, 4) is 17.2 Å². The minimum atomic E-state index is -0.609. The van der Waals surface area contributed by atoms with Gasteiger partial charge in [-0.1, -0.05) is 19.1 Å². The lowest BCUT2D eigenvalue weighted by atomic mass is 10.2. The molecule has 5 heteroatoms. The monoisotopic (exact) mass is 329 g/mol. The van der Waals surface area contributed by atoms with E-state index in [1.165, 1.54) is 0 Å². The van der Waals surface area contributed by atoms with Gasteiger partial charge in [-0.05, 0) is 43.2 Å². The van der Waals surface area contributed by atoms with Crippen molar-refractivity contribution in [2.24, 2.45) is 0 Å². The molecule has 24 heavy (non-hydrogen) atoms. The summed E-state index contributed by atoms with van der Waals surface area (Å²) in [5.74, 6) is 1.67. The fourth-order valence-corrected chi connectivity index (χ4v) is 2.29. The van der Waals surface area contributed by atoms with E-state index in [0.29, 0.717) is 29.4 Å². The number of hydrogen-bond donors (Lipinski definition) is 1. The topological polar surface area (TPSA) is 56.8 Å². The van der Waals surface area contributed by atoms with E-state index in [-0.39, 0.29) is 5.91 Å². The van der Waals surface area contributed by atoms with Crippen molar-refractivity contribution in [1.82, 2.24) is 0 Å². The van der Waals surface area contributed by atoms with E-state index in [4.69, 9.17) is 14.2 Å². The van der Waals surface area contributed by atoms with Gasteiger partial charge >= 0.3 is 0 Å². The Kier molecular flexibility index (Phi) is 6.07. The summed E-state index contributed by atoms with van der Waals surface area (Å²) in [5.41, 5.74) is 1.67. The van der Waals surface area contributed by atoms with Gasteiger partial charge in [-0.25, -0.2) is 0 Å². The molecule has 0 fully saturated rings. The Labute approximate surface area is 142 Å². The second-order valence-corrected chi connectivity index (χ2v) is 5.39. The average molecular weight is 329 g/mol. The number of hydrogen-bond acceptors (Lipinski definition) is 4. The predicted octanol–water partition coefficient (Wildman–Crippen LogP) is 3.81. The van der Waals surface area contributed by atoms with Gasteiger partial charge in [0.15, 0.2) is 6.10 Å². The van der Waals surface area contributed by atoms with Crippen molar-refractivity contribution in [2.75, 3.05) is 19.5 Å². The molecule has 1 unspecified atom stereocenters. The van der Waals surface area contributed by atoms with Gasteiger partial charge in [0, 0.05) is 6.07 Å². The van der Waals surface area contributed by atoms with E-state index in [1.54, 1.807) is 26.4 Å². The number of benzene rings is 2. The number of rotatable bonds is 7. The molecule has 0 spiro atoms. The lowest BCUT2D eigenvalue weighted by molar-refractivity contribution is -0.122. The fourth-order valence-electron chi connectivity index (χ4n) is 2.29. The van der Waals surface area contributed by atoms with Crippen LogP contribution in [0, 0.1) is 6.92 Å². The first-order chi connectivity index (χ1) is 11.6. The molecule has 2 aromatic carbocycles. The van der Waals surface area contributed by atoms with E-state index in [9.17, 15) is 4.79 Å². The molecule has 1 atom stereocenters. The largest absolute Gasteiger partial charge is 0.497 e. The fraction of sp³-hybridized carbons (Fsp3) is 0.316. The van der Waals surface area contributed by atoms with Gasteiger partial charge in [-0.15, -0.1) is 0 Å². The maximum absolute atomic E-state index is 12.6. The normalized spacial score (nSPS) is 11.5. The van der Waals surface area contributed by atoms with Gasteiger partial charge in [0.05, 0.1) is 19.9 Å². The molecule has 0 saturated carbocycles. The minimum absolute atomic E-state index is 0.218. The van der Waals surface area contributed by atoms with Crippen LogP contribution in [-0.4, -0.2) is 26.2 Å². The summed E-state index contributed by atoms with van der Waals surface area (Å²) < 4.78 is 16.3. The maximum atomic E-state index is 12.6. The Morgan fingerprint density at radius 3 is 2.50 bits per heavy atom. The number of nitrogens with one attached hydrogen (secondary N) is 1. The van der Waals surface area contributed by atoms with Crippen LogP contribution in [0.1, 0.15) is 18.9 Å². The number of aryl methyl sites for hydroxylation is 1. The second-order valence-electron chi connectivity index (χ2n) is 5.39. The Bertz CT molecular complexity index is 700. The highest BCUT2D eigenvalue weighted by molar-refractivity contribution is 5.95. The summed E-state index contributed by atoms with van der Waals surface area (Å²) in [6.45, 7) is 3.86. The third kappa shape index (κ3) is 4.41. The molecule has 2 aromatic rings. The van der Waals surface area contributed by atoms with Crippen molar-refractivity contribution >= 4 is 11.6 Å². The van der Waals surface area contributed by atoms with E-state index >= 15 is 0 Å². The summed E-state index contributed by atoms with van der Waals surface area (Å²) in [4.78, 5) is 12.6. The van der Waals surface area contributed by atoms with Crippen LogP contribution in [0.15, 0.2) is 42.5 Å². The SMILES string of the molecule is CCC(Oc1cccc(OC)c1)C(=O)Nc1cc(C)ccc1OC. The third-order valence-corrected chi connectivity index (χ3v) is 3.60. The molecule has 1 N–H and O–H groups in total. The Morgan fingerprint density at radius 1 is 1.08 bits per heavy atom. The van der Waals surface area contributed by atoms with Gasteiger partial charge in [0.1, 0.15) is 17.2 Å². The number of methoxy groups -OCH3 is 2. The van der Waals surface area contributed by atoms with Crippen LogP contribution >= 0.6 is 0 Å². The summed E-state index contributed by atoms with van der Waals surface area (Å²) >= 11 is 0. The molecule has 5 nitrogen and oxygen atoms in total. The molecule has 1 amide bonds. The molecule has 0 aliphatic carbocycles. The molecule has 0 heterocycles. The quantitative estimate of drug-likeness (QED) is 0.839. The Morgan fingerprint density at radius 2 is 1.83 bits per heavy atom. The van der Waals surface area contributed by atoms with Gasteiger partial charge < -0.3 is 19.5 Å². The van der Waals surface area contributed by atoms with Crippen LogP contribution in [0.5, 0.6) is 17.2 Å². The molecule has 2 rings (SSSR count). The van der Waals surface area contributed by atoms with Gasteiger partial charge in [0.2, 0.25) is 0 Å². The van der Waals surface area contributed by atoms with Crippen LogP contribution in [0.25, 0.3) is 0 Å². The molecule has 0 aliphatic heterocycles. The molecule has 0 aliphatic rings. The summed E-state index contributed by atoms with van der Waals surface area (Å²) in [5, 5.41) is 2.88. The smallest absolute Gasteiger partial charge is 0.265 e. The average Bonchev–Trinajstić information content (AvgIpc) is 2.60. The molecule has 128 valence electrons. The minimum Gasteiger partial charge on any atom is -0.497 e. The standard InChI is InChI=1S/C19H23NO4/c1-5-17(24-15-8-6-7-14(12-15)22-3)19(21)20-16-11-13(2)9-10-18(16)23-4/h6-12,17H,5H2,1-4H3,(H,20,21). The number of amides is 1. The maximum Gasteiger partial charge on any atom is 0.265 e. The van der Waals surface area contributed by atoms with Crippen molar-refractivity contribution in [3.63, 3.8) is 0 Å². The number of carbonyl (C=O) groups excluding carboxylic acids is 1. The van der Waals surface area contributed by atoms with Crippen molar-refractivity contribution in [2.45, 2.75) is 26.4 Å². The first kappa shape index (κ1) is 17.7. The lowest BCUT2D eigenvalue weighted by Gasteiger charge is -2.19. The van der Waals surface area contributed by atoms with Crippen LogP contribution < -0.4 is 19.5 Å². The summed E-state index contributed by atoms with van der Waals surface area (Å²) in [6.07, 6.45) is -0.0701. The zero-order valence-electron chi connectivity index (χ0n) is 14.5. The van der Waals surface area contributed by atoms with Gasteiger partial charge in [-0.2, -0.15) is 0 Å². The predicted molar refractivity (Wildman–Crippen MR) is 94.1 cm³/mol. The highest BCUT2D eigenvalue weighted by Gasteiger charge is 2.20. The number of carbonyl (C=O) groups is 1. The molecule has 0 saturated heterocycles. The number of anilines is 1. The zero-order valence-corrected chi connectivity index (χ0v) is 14.5. The third-order valence-electron chi connectivity index (χ3n) is 3.60. The Balaban J connectivity index is 2.12. The number of ether oxygens (including phenoxy) is 3. The lowest BCUT2D eigenvalue weighted by Crippen LogP contribution is -2.32. The summed E-state index contributed by atoms with van der Waals surface area (Å²) in [6, 6.07) is 12.8. The highest BCUT2D eigenvalue weighted by atomic mass is 16.5. The van der Waals surface area contributed by atoms with Crippen LogP contribution in [0.2, 0.25) is 0 Å². The second kappa shape index (κ2) is 8.24. The first-order valence-electron chi connectivity index (χ1n) is 7.83. The van der Waals surface area contributed by atoms with Crippen molar-refractivity contribution < 1.29 is 19.0 Å². The van der Waals surface area contributed by atoms with Gasteiger partial charge in [-0.3, -0.25) is 4.79 Å². The van der Waals surface area contributed by atoms with E-state index in [2.05, 4.69) is 5.32 Å². The zero-order chi connectivity index (χ0) is 17.5. The molecule has 0 radical (unpaired) electrons. The van der Waals surface area contributed by atoms with Crippen LogP contribution in [0.3, 0.4) is 0 Å². The first-order valence-corrected chi connectivity index (χ1v) is 7.83. The van der Waals surface area contributed by atoms with Gasteiger partial charge in [0.25, 0.3) is 5.91 Å². The van der Waals surface area contributed by atoms with Crippen LogP contribution in [0.4, 0.5) is 5.69 Å². The van der Waals surface area contributed by atoms with Crippen molar-refractivity contribution in [3.05, 3.63) is 48.0 Å². The molecule has 0 aromatic heterocycles.